The second-order valence-corrected chi connectivity index (χ2v) is 9.94. The molecule has 4 aromatic rings. The highest BCUT2D eigenvalue weighted by molar-refractivity contribution is 7.92. The van der Waals surface area contributed by atoms with Crippen LogP contribution in [0.3, 0.4) is 0 Å². The molecule has 0 saturated carbocycles. The average Bonchev–Trinajstić information content (AvgIpc) is 3.10. The smallest absolute Gasteiger partial charge is 0.260 e. The molecule has 0 unspecified atom stereocenters. The van der Waals surface area contributed by atoms with Gasteiger partial charge in [0.1, 0.15) is 12.1 Å². The first-order valence-electron chi connectivity index (χ1n) is 10.4. The fraction of sp³-hybridized carbons (Fsp3) is 0.125. The van der Waals surface area contributed by atoms with E-state index < -0.39 is 22.5 Å². The van der Waals surface area contributed by atoms with E-state index in [1.54, 1.807) is 16.8 Å². The van der Waals surface area contributed by atoms with Gasteiger partial charge in [0.05, 0.1) is 18.2 Å². The second-order valence-electron chi connectivity index (χ2n) is 7.66. The van der Waals surface area contributed by atoms with Crippen LogP contribution < -0.4 is 14.4 Å². The van der Waals surface area contributed by atoms with E-state index in [0.717, 1.165) is 32.7 Å². The quantitative estimate of drug-likeness (QED) is 0.233. The van der Waals surface area contributed by atoms with Crippen LogP contribution in [0.15, 0.2) is 77.9 Å². The summed E-state index contributed by atoms with van der Waals surface area (Å²) in [5.41, 5.74) is 5.11. The molecule has 0 saturated heterocycles. The van der Waals surface area contributed by atoms with Crippen LogP contribution >= 0.6 is 11.6 Å². The standard InChI is InChI=1S/C24H22ClN5O3S/c1-17-21(24(25)28-30(17)19-11-4-3-5-12-19)15-26-27-23(31)16-29(34(2,32)33)22-14-8-10-18-9-6-7-13-20(18)22/h3-15H,16H2,1-2H3,(H,27,31)/p+1/b26-15+. The van der Waals surface area contributed by atoms with Crippen LogP contribution in [0, 0.1) is 6.92 Å². The average molecular weight is 497 g/mol. The van der Waals surface area contributed by atoms with Crippen molar-refractivity contribution >= 4 is 50.2 Å². The number of nitrogens with zero attached hydrogens (tertiary/aromatic N) is 3. The van der Waals surface area contributed by atoms with Gasteiger partial charge in [0.15, 0.2) is 5.15 Å². The molecule has 4 rings (SSSR count). The highest BCUT2D eigenvalue weighted by atomic mass is 35.5. The molecule has 0 aliphatic rings. The minimum Gasteiger partial charge on any atom is -0.271 e. The molecular formula is C24H23ClN5O3S+. The molecule has 0 aliphatic carbocycles. The number of hydrogen-bond acceptors (Lipinski definition) is 4. The minimum absolute atomic E-state index is 0.355. The highest BCUT2D eigenvalue weighted by Crippen LogP contribution is 2.28. The number of nitrogens with one attached hydrogen (secondary N) is 2. The minimum atomic E-state index is -3.73. The summed E-state index contributed by atoms with van der Waals surface area (Å²) in [6.45, 7) is 1.44. The summed E-state index contributed by atoms with van der Waals surface area (Å²) in [5.74, 6) is -0.588. The molecular weight excluding hydrogens is 474 g/mol. The van der Waals surface area contributed by atoms with Crippen molar-refractivity contribution in [1.29, 1.82) is 0 Å². The van der Waals surface area contributed by atoms with E-state index in [0.29, 0.717) is 16.4 Å². The third kappa shape index (κ3) is 4.95. The van der Waals surface area contributed by atoms with Crippen molar-refractivity contribution in [2.75, 3.05) is 17.1 Å². The molecule has 0 bridgehead atoms. The number of carbonyl (C=O) groups excluding carboxylic acids is 1. The zero-order valence-electron chi connectivity index (χ0n) is 18.6. The van der Waals surface area contributed by atoms with Crippen LogP contribution in [-0.2, 0) is 14.8 Å². The number of halogens is 1. The molecule has 8 nitrogen and oxygen atoms in total. The Morgan fingerprint density at radius 3 is 2.50 bits per heavy atom. The Morgan fingerprint density at radius 1 is 1.09 bits per heavy atom. The molecule has 0 atom stereocenters. The molecule has 1 heterocycles. The zero-order chi connectivity index (χ0) is 24.3. The maximum atomic E-state index is 12.6. The van der Waals surface area contributed by atoms with Gasteiger partial charge in [-0.15, -0.1) is 5.10 Å². The third-order valence-electron chi connectivity index (χ3n) is 5.29. The Hall–Kier alpha value is -3.69. The van der Waals surface area contributed by atoms with Crippen LogP contribution in [0.4, 0.5) is 5.69 Å². The number of benzene rings is 3. The maximum absolute atomic E-state index is 12.6. The molecule has 34 heavy (non-hydrogen) atoms. The largest absolute Gasteiger partial charge is 0.271 e. The van der Waals surface area contributed by atoms with E-state index in [1.807, 2.05) is 67.6 Å². The lowest BCUT2D eigenvalue weighted by molar-refractivity contribution is -0.661. The molecule has 10 heteroatoms. The number of hydrazone groups is 1. The summed E-state index contributed by atoms with van der Waals surface area (Å²) >= 11 is 6.33. The van der Waals surface area contributed by atoms with Gasteiger partial charge in [0.2, 0.25) is 21.4 Å². The molecule has 0 aliphatic heterocycles. The van der Waals surface area contributed by atoms with Crippen molar-refractivity contribution in [3.8, 4) is 5.69 Å². The van der Waals surface area contributed by atoms with Gasteiger partial charge in [0, 0.05) is 24.4 Å². The van der Waals surface area contributed by atoms with Gasteiger partial charge in [-0.05, 0) is 11.5 Å². The summed E-state index contributed by atoms with van der Waals surface area (Å²) in [7, 11) is -3.73. The number of para-hydroxylation sites is 1. The van der Waals surface area contributed by atoms with Gasteiger partial charge in [-0.3, -0.25) is 9.10 Å². The molecule has 1 aromatic heterocycles. The predicted octanol–water partition coefficient (Wildman–Crippen LogP) is 3.32. The van der Waals surface area contributed by atoms with E-state index in [-0.39, 0.29) is 0 Å². The first-order chi connectivity index (χ1) is 16.3. The van der Waals surface area contributed by atoms with Crippen molar-refractivity contribution in [1.82, 2.24) is 10.5 Å². The number of sulfonamides is 1. The van der Waals surface area contributed by atoms with Gasteiger partial charge < -0.3 is 0 Å². The number of anilines is 1. The Bertz CT molecular complexity index is 1480. The number of H-pyrrole nitrogens is 1. The first-order valence-corrected chi connectivity index (χ1v) is 12.6. The molecule has 0 spiro atoms. The van der Waals surface area contributed by atoms with Crippen LogP contribution in [0.2, 0.25) is 5.15 Å². The van der Waals surface area contributed by atoms with Crippen LogP contribution in [0.25, 0.3) is 16.5 Å². The summed E-state index contributed by atoms with van der Waals surface area (Å²) < 4.78 is 27.9. The summed E-state index contributed by atoms with van der Waals surface area (Å²) in [5, 5.41) is 9.00. The van der Waals surface area contributed by atoms with Crippen molar-refractivity contribution in [2.45, 2.75) is 6.92 Å². The molecule has 1 amide bonds. The fourth-order valence-electron chi connectivity index (χ4n) is 3.65. The Labute approximate surface area is 202 Å². The van der Waals surface area contributed by atoms with Crippen LogP contribution in [0.5, 0.6) is 0 Å². The number of aromatic amines is 1. The van der Waals surface area contributed by atoms with Crippen molar-refractivity contribution in [3.05, 3.63) is 89.2 Å². The molecule has 0 radical (unpaired) electrons. The second kappa shape index (κ2) is 9.66. The summed E-state index contributed by atoms with van der Waals surface area (Å²) in [4.78, 5) is 12.6. The number of aromatic nitrogens is 2. The van der Waals surface area contributed by atoms with Gasteiger partial charge in [-0.1, -0.05) is 70.9 Å². The molecule has 0 fully saturated rings. The number of hydrogen-bond donors (Lipinski definition) is 2. The Morgan fingerprint density at radius 2 is 1.76 bits per heavy atom. The number of carbonyl (C=O) groups is 1. The van der Waals surface area contributed by atoms with Crippen LogP contribution in [-0.4, -0.2) is 38.4 Å². The molecule has 2 N–H and O–H groups in total. The normalized spacial score (nSPS) is 11.7. The van der Waals surface area contributed by atoms with Crippen molar-refractivity contribution in [2.24, 2.45) is 5.10 Å². The van der Waals surface area contributed by atoms with Crippen LogP contribution in [0.1, 0.15) is 11.3 Å². The number of rotatable bonds is 7. The third-order valence-corrected chi connectivity index (χ3v) is 6.71. The maximum Gasteiger partial charge on any atom is 0.260 e. The van der Waals surface area contributed by atoms with Gasteiger partial charge >= 0.3 is 0 Å². The van der Waals surface area contributed by atoms with E-state index in [9.17, 15) is 13.2 Å². The zero-order valence-corrected chi connectivity index (χ0v) is 20.1. The first kappa shape index (κ1) is 23.5. The molecule has 3 aromatic carbocycles. The lowest BCUT2D eigenvalue weighted by Gasteiger charge is -2.23. The monoisotopic (exact) mass is 496 g/mol. The fourth-order valence-corrected chi connectivity index (χ4v) is 4.79. The summed E-state index contributed by atoms with van der Waals surface area (Å²) in [6, 6.07) is 22.3. The summed E-state index contributed by atoms with van der Waals surface area (Å²) in [6.07, 6.45) is 2.49. The highest BCUT2D eigenvalue weighted by Gasteiger charge is 2.23. The Balaban J connectivity index is 1.53. The lowest BCUT2D eigenvalue weighted by atomic mass is 10.1. The van der Waals surface area contributed by atoms with Gasteiger partial charge in [0.25, 0.3) is 5.91 Å². The van der Waals surface area contributed by atoms with E-state index in [1.165, 1.54) is 6.21 Å². The van der Waals surface area contributed by atoms with Crippen molar-refractivity contribution in [3.63, 3.8) is 0 Å². The lowest BCUT2D eigenvalue weighted by Crippen LogP contribution is -2.39. The topological polar surface area (TPSA) is 98.5 Å². The predicted molar refractivity (Wildman–Crippen MR) is 134 cm³/mol. The Kier molecular flexibility index (Phi) is 6.67. The van der Waals surface area contributed by atoms with Crippen molar-refractivity contribution < 1.29 is 17.9 Å². The number of fused-ring (bicyclic) bond motifs is 1. The van der Waals surface area contributed by atoms with E-state index in [2.05, 4.69) is 15.6 Å². The van der Waals surface area contributed by atoms with E-state index >= 15 is 0 Å². The SMILES string of the molecule is Cc1c(/C=N/NC(=O)CN(c2cccc3ccccc23)S(C)(=O)=O)c(Cl)[nH][n+]1-c1ccccc1. The van der Waals surface area contributed by atoms with Gasteiger partial charge in [-0.25, -0.2) is 13.8 Å². The van der Waals surface area contributed by atoms with Gasteiger partial charge in [-0.2, -0.15) is 5.10 Å². The van der Waals surface area contributed by atoms with E-state index in [4.69, 9.17) is 11.6 Å². The number of amides is 1. The molecule has 174 valence electrons.